The minimum atomic E-state index is -0.182. The highest BCUT2D eigenvalue weighted by atomic mass is 16.5. The van der Waals surface area contributed by atoms with Crippen LogP contribution >= 0.6 is 0 Å². The number of amides is 1. The smallest absolute Gasteiger partial charge is 0.224 e. The predicted octanol–water partition coefficient (Wildman–Crippen LogP) is 1.96. The van der Waals surface area contributed by atoms with Gasteiger partial charge in [-0.25, -0.2) is 0 Å². The van der Waals surface area contributed by atoms with Gasteiger partial charge in [-0.05, 0) is 18.2 Å². The molecule has 2 saturated heterocycles. The summed E-state index contributed by atoms with van der Waals surface area (Å²) in [6, 6.07) is 16.0. The Kier molecular flexibility index (Phi) is 5.87. The molecule has 7 heteroatoms. The standard InChI is InChI=1S/C22H28N4O3/c1-28-17-7-5-6-16(14-17)25-10-12-26(13-11-25)22-23-19(15-21(27)24-22)18-8-3-4-9-20(18)29-2/h3-9,14,19,22-23H,10-13,15H2,1-2H3,(H,24,27). The highest BCUT2D eigenvalue weighted by molar-refractivity contribution is 5.78. The predicted molar refractivity (Wildman–Crippen MR) is 112 cm³/mol. The van der Waals surface area contributed by atoms with Crippen molar-refractivity contribution in [2.45, 2.75) is 18.8 Å². The van der Waals surface area contributed by atoms with E-state index in [1.54, 1.807) is 14.2 Å². The van der Waals surface area contributed by atoms with E-state index < -0.39 is 0 Å². The number of para-hydroxylation sites is 1. The van der Waals surface area contributed by atoms with Crippen LogP contribution in [0, 0.1) is 0 Å². The fourth-order valence-electron chi connectivity index (χ4n) is 4.08. The van der Waals surface area contributed by atoms with Crippen molar-refractivity contribution in [1.82, 2.24) is 15.5 Å². The molecule has 2 aromatic carbocycles. The maximum absolute atomic E-state index is 12.4. The number of anilines is 1. The second-order valence-electron chi connectivity index (χ2n) is 7.36. The number of ether oxygens (including phenoxy) is 2. The molecule has 0 aliphatic carbocycles. The van der Waals surface area contributed by atoms with E-state index in [0.29, 0.717) is 6.42 Å². The van der Waals surface area contributed by atoms with Crippen molar-refractivity contribution < 1.29 is 14.3 Å². The van der Waals surface area contributed by atoms with Crippen LogP contribution in [0.25, 0.3) is 0 Å². The number of nitrogens with zero attached hydrogens (tertiary/aromatic N) is 2. The Morgan fingerprint density at radius 2 is 1.76 bits per heavy atom. The number of benzene rings is 2. The van der Waals surface area contributed by atoms with E-state index in [2.05, 4.69) is 32.6 Å². The third-order valence-corrected chi connectivity index (χ3v) is 5.66. The molecule has 2 unspecified atom stereocenters. The normalized spacial score (nSPS) is 22.8. The number of piperazine rings is 1. The first-order valence-corrected chi connectivity index (χ1v) is 9.99. The Balaban J connectivity index is 1.42. The van der Waals surface area contributed by atoms with Crippen molar-refractivity contribution in [3.8, 4) is 11.5 Å². The van der Waals surface area contributed by atoms with Crippen LogP contribution in [0.4, 0.5) is 5.69 Å². The molecule has 2 fully saturated rings. The van der Waals surface area contributed by atoms with Crippen molar-refractivity contribution in [3.63, 3.8) is 0 Å². The molecular weight excluding hydrogens is 368 g/mol. The SMILES string of the molecule is COc1cccc(N2CCN(C3NC(=O)CC(c4ccccc4OC)N3)CC2)c1. The lowest BCUT2D eigenvalue weighted by Gasteiger charge is -2.43. The van der Waals surface area contributed by atoms with Crippen LogP contribution in [0.2, 0.25) is 0 Å². The molecule has 7 nitrogen and oxygen atoms in total. The minimum Gasteiger partial charge on any atom is -0.497 e. The lowest BCUT2D eigenvalue weighted by atomic mass is 10.0. The number of rotatable bonds is 5. The maximum Gasteiger partial charge on any atom is 0.224 e. The zero-order chi connectivity index (χ0) is 20.2. The number of hydrogen-bond acceptors (Lipinski definition) is 6. The zero-order valence-electron chi connectivity index (χ0n) is 16.9. The Bertz CT molecular complexity index is 851. The Labute approximate surface area is 171 Å². The summed E-state index contributed by atoms with van der Waals surface area (Å²) in [5, 5.41) is 6.69. The fraction of sp³-hybridized carbons (Fsp3) is 0.409. The molecule has 2 aliphatic heterocycles. The third kappa shape index (κ3) is 4.31. The molecule has 154 valence electrons. The van der Waals surface area contributed by atoms with Crippen molar-refractivity contribution in [1.29, 1.82) is 0 Å². The first kappa shape index (κ1) is 19.5. The number of carbonyl (C=O) groups is 1. The number of methoxy groups -OCH3 is 2. The molecule has 2 atom stereocenters. The van der Waals surface area contributed by atoms with Crippen LogP contribution in [0.15, 0.2) is 48.5 Å². The van der Waals surface area contributed by atoms with E-state index >= 15 is 0 Å². The van der Waals surface area contributed by atoms with Crippen molar-refractivity contribution in [2.24, 2.45) is 0 Å². The van der Waals surface area contributed by atoms with Gasteiger partial charge in [-0.2, -0.15) is 0 Å². The second-order valence-corrected chi connectivity index (χ2v) is 7.36. The summed E-state index contributed by atoms with van der Waals surface area (Å²) in [5.41, 5.74) is 2.18. The molecule has 0 radical (unpaired) electrons. The van der Waals surface area contributed by atoms with Crippen LogP contribution in [-0.2, 0) is 4.79 Å². The molecule has 4 rings (SSSR count). The van der Waals surface area contributed by atoms with Crippen LogP contribution in [0.5, 0.6) is 11.5 Å². The van der Waals surface area contributed by atoms with Crippen LogP contribution < -0.4 is 25.0 Å². The van der Waals surface area contributed by atoms with Gasteiger partial charge >= 0.3 is 0 Å². The van der Waals surface area contributed by atoms with Gasteiger partial charge in [0.2, 0.25) is 5.91 Å². The van der Waals surface area contributed by atoms with Gasteiger partial charge < -0.3 is 19.7 Å². The van der Waals surface area contributed by atoms with Crippen molar-refractivity contribution in [3.05, 3.63) is 54.1 Å². The fourth-order valence-corrected chi connectivity index (χ4v) is 4.08. The molecule has 2 aliphatic rings. The highest BCUT2D eigenvalue weighted by Crippen LogP contribution is 2.29. The van der Waals surface area contributed by atoms with E-state index in [0.717, 1.165) is 48.9 Å². The number of nitrogens with one attached hydrogen (secondary N) is 2. The average Bonchev–Trinajstić information content (AvgIpc) is 2.78. The first-order valence-electron chi connectivity index (χ1n) is 9.99. The van der Waals surface area contributed by atoms with Gasteiger partial charge in [0.15, 0.2) is 0 Å². The molecular formula is C22H28N4O3. The summed E-state index contributed by atoms with van der Waals surface area (Å²) in [7, 11) is 3.35. The van der Waals surface area contributed by atoms with E-state index in [4.69, 9.17) is 9.47 Å². The topological polar surface area (TPSA) is 66.1 Å². The third-order valence-electron chi connectivity index (χ3n) is 5.66. The summed E-state index contributed by atoms with van der Waals surface area (Å²) >= 11 is 0. The molecule has 0 bridgehead atoms. The largest absolute Gasteiger partial charge is 0.497 e. The van der Waals surface area contributed by atoms with E-state index in [-0.39, 0.29) is 18.2 Å². The molecule has 2 N–H and O–H groups in total. The quantitative estimate of drug-likeness (QED) is 0.806. The average molecular weight is 396 g/mol. The van der Waals surface area contributed by atoms with E-state index in [9.17, 15) is 4.79 Å². The van der Waals surface area contributed by atoms with Gasteiger partial charge in [-0.15, -0.1) is 0 Å². The molecule has 0 spiro atoms. The molecule has 2 heterocycles. The maximum atomic E-state index is 12.4. The summed E-state index contributed by atoms with van der Waals surface area (Å²) < 4.78 is 10.8. The van der Waals surface area contributed by atoms with Gasteiger partial charge in [0.1, 0.15) is 17.8 Å². The van der Waals surface area contributed by atoms with E-state index in [1.165, 1.54) is 0 Å². The lowest BCUT2D eigenvalue weighted by molar-refractivity contribution is -0.127. The summed E-state index contributed by atoms with van der Waals surface area (Å²) in [6.45, 7) is 3.49. The summed E-state index contributed by atoms with van der Waals surface area (Å²) in [5.74, 6) is 1.73. The van der Waals surface area contributed by atoms with Gasteiger partial charge in [0, 0.05) is 56.0 Å². The molecule has 1 amide bonds. The van der Waals surface area contributed by atoms with Crippen molar-refractivity contribution in [2.75, 3.05) is 45.3 Å². The summed E-state index contributed by atoms with van der Waals surface area (Å²) in [6.07, 6.45) is 0.222. The minimum absolute atomic E-state index is 0.0554. The Morgan fingerprint density at radius 1 is 0.966 bits per heavy atom. The van der Waals surface area contributed by atoms with Gasteiger partial charge in [-0.1, -0.05) is 24.3 Å². The first-order chi connectivity index (χ1) is 14.2. The number of hydrogen-bond donors (Lipinski definition) is 2. The Hall–Kier alpha value is -2.77. The van der Waals surface area contributed by atoms with E-state index in [1.807, 2.05) is 36.4 Å². The Morgan fingerprint density at radius 3 is 2.52 bits per heavy atom. The molecule has 29 heavy (non-hydrogen) atoms. The van der Waals surface area contributed by atoms with Crippen LogP contribution in [-0.4, -0.2) is 57.5 Å². The zero-order valence-corrected chi connectivity index (χ0v) is 16.9. The number of carbonyl (C=O) groups excluding carboxylic acids is 1. The van der Waals surface area contributed by atoms with Crippen LogP contribution in [0.3, 0.4) is 0 Å². The second kappa shape index (κ2) is 8.71. The van der Waals surface area contributed by atoms with Crippen LogP contribution in [0.1, 0.15) is 18.0 Å². The monoisotopic (exact) mass is 396 g/mol. The van der Waals surface area contributed by atoms with Gasteiger partial charge in [-0.3, -0.25) is 15.0 Å². The molecule has 0 saturated carbocycles. The van der Waals surface area contributed by atoms with Gasteiger partial charge in [0.05, 0.1) is 14.2 Å². The van der Waals surface area contributed by atoms with Crippen molar-refractivity contribution >= 4 is 11.6 Å². The highest BCUT2D eigenvalue weighted by Gasteiger charge is 2.33. The molecule has 2 aromatic rings. The van der Waals surface area contributed by atoms with Gasteiger partial charge in [0.25, 0.3) is 0 Å². The lowest BCUT2D eigenvalue weighted by Crippen LogP contribution is -2.64. The molecule has 0 aromatic heterocycles. The summed E-state index contributed by atoms with van der Waals surface area (Å²) in [4.78, 5) is 17.0.